The van der Waals surface area contributed by atoms with Crippen molar-refractivity contribution < 1.29 is 17.4 Å². The van der Waals surface area contributed by atoms with Crippen molar-refractivity contribution in [3.63, 3.8) is 0 Å². The van der Waals surface area contributed by atoms with Crippen LogP contribution in [0.5, 0.6) is 5.75 Å². The summed E-state index contributed by atoms with van der Waals surface area (Å²) in [5.74, 6) is -0.0515. The molecule has 0 spiro atoms. The highest BCUT2D eigenvalue weighted by atomic mass is 32.3. The predicted octanol–water partition coefficient (Wildman–Crippen LogP) is 4.93. The van der Waals surface area contributed by atoms with Crippen LogP contribution in [0, 0.1) is 6.92 Å². The molecule has 0 aliphatic heterocycles. The number of phenols is 1. The van der Waals surface area contributed by atoms with Crippen LogP contribution in [0.4, 0.5) is 15.3 Å². The predicted molar refractivity (Wildman–Crippen MR) is 89.3 cm³/mol. The minimum atomic E-state index is -4.82. The van der Waals surface area contributed by atoms with E-state index in [1.807, 2.05) is 18.2 Å². The number of azo groups is 1. The molecule has 3 aromatic rings. The van der Waals surface area contributed by atoms with Crippen LogP contribution in [0.3, 0.4) is 0 Å². The highest BCUT2D eigenvalue weighted by Gasteiger charge is 2.13. The van der Waals surface area contributed by atoms with Gasteiger partial charge in [-0.1, -0.05) is 36.4 Å². The molecule has 0 fully saturated rings. The molecule has 0 atom stereocenters. The number of halogens is 1. The molecule has 0 heterocycles. The van der Waals surface area contributed by atoms with Crippen molar-refractivity contribution in [1.29, 1.82) is 0 Å². The molecular weight excluding hydrogens is 331 g/mol. The molecule has 0 aliphatic rings. The van der Waals surface area contributed by atoms with E-state index in [0.717, 1.165) is 11.5 Å². The van der Waals surface area contributed by atoms with Crippen LogP contribution >= 0.6 is 0 Å². The number of hydrogen-bond donors (Lipinski definition) is 1. The molecule has 0 radical (unpaired) electrons. The summed E-state index contributed by atoms with van der Waals surface area (Å²) >= 11 is 0. The highest BCUT2D eigenvalue weighted by Crippen LogP contribution is 2.36. The molecule has 3 aromatic carbocycles. The van der Waals surface area contributed by atoms with Crippen molar-refractivity contribution in [2.45, 2.75) is 11.8 Å². The van der Waals surface area contributed by atoms with E-state index in [-0.39, 0.29) is 17.1 Å². The van der Waals surface area contributed by atoms with Crippen LogP contribution in [-0.2, 0) is 10.2 Å². The highest BCUT2D eigenvalue weighted by molar-refractivity contribution is 7.86. The zero-order valence-corrected chi connectivity index (χ0v) is 13.5. The van der Waals surface area contributed by atoms with E-state index in [9.17, 15) is 17.4 Å². The quantitative estimate of drug-likeness (QED) is 0.540. The number of nitrogens with zero attached hydrogens (tertiary/aromatic N) is 2. The number of hydrogen-bond acceptors (Lipinski definition) is 5. The van der Waals surface area contributed by atoms with Crippen molar-refractivity contribution in [3.8, 4) is 5.75 Å². The van der Waals surface area contributed by atoms with E-state index in [1.54, 1.807) is 19.1 Å². The van der Waals surface area contributed by atoms with E-state index in [4.69, 9.17) is 0 Å². The first-order valence-electron chi connectivity index (χ1n) is 7.04. The molecule has 0 saturated heterocycles. The monoisotopic (exact) mass is 344 g/mol. The van der Waals surface area contributed by atoms with E-state index >= 15 is 0 Å². The Morgan fingerprint density at radius 3 is 2.50 bits per heavy atom. The first-order valence-corrected chi connectivity index (χ1v) is 8.42. The second kappa shape index (κ2) is 6.01. The van der Waals surface area contributed by atoms with Gasteiger partial charge in [0.2, 0.25) is 0 Å². The zero-order valence-electron chi connectivity index (χ0n) is 12.6. The third-order valence-electron chi connectivity index (χ3n) is 3.60. The summed E-state index contributed by atoms with van der Waals surface area (Å²) < 4.78 is 35.2. The Balaban J connectivity index is 2.11. The third-order valence-corrected chi connectivity index (χ3v) is 4.42. The van der Waals surface area contributed by atoms with Crippen molar-refractivity contribution in [1.82, 2.24) is 0 Å². The van der Waals surface area contributed by atoms with Gasteiger partial charge in [0.05, 0.1) is 5.69 Å². The number of fused-ring (bicyclic) bond motifs is 1. The van der Waals surface area contributed by atoms with Crippen LogP contribution in [0.15, 0.2) is 69.7 Å². The van der Waals surface area contributed by atoms with Crippen molar-refractivity contribution in [3.05, 3.63) is 60.2 Å². The number of rotatable bonds is 3. The molecule has 0 aliphatic carbocycles. The molecule has 0 aromatic heterocycles. The van der Waals surface area contributed by atoms with E-state index in [2.05, 4.69) is 10.2 Å². The maximum atomic E-state index is 13.1. The number of phenolic OH excluding ortho intramolecular Hbond substituents is 1. The zero-order chi connectivity index (χ0) is 17.3. The van der Waals surface area contributed by atoms with Crippen LogP contribution in [-0.4, -0.2) is 13.5 Å². The lowest BCUT2D eigenvalue weighted by Crippen LogP contribution is -1.91. The molecule has 24 heavy (non-hydrogen) atoms. The van der Waals surface area contributed by atoms with Gasteiger partial charge in [0.1, 0.15) is 16.3 Å². The van der Waals surface area contributed by atoms with E-state index in [0.29, 0.717) is 10.9 Å². The second-order valence-corrected chi connectivity index (χ2v) is 6.59. The lowest BCUT2D eigenvalue weighted by atomic mass is 10.1. The van der Waals surface area contributed by atoms with E-state index in [1.165, 1.54) is 18.2 Å². The van der Waals surface area contributed by atoms with Gasteiger partial charge in [0.15, 0.2) is 0 Å². The average molecular weight is 344 g/mol. The Morgan fingerprint density at radius 1 is 1.00 bits per heavy atom. The van der Waals surface area contributed by atoms with Crippen LogP contribution in [0.2, 0.25) is 0 Å². The Kier molecular flexibility index (Phi) is 4.02. The fourth-order valence-corrected chi connectivity index (χ4v) is 2.78. The van der Waals surface area contributed by atoms with Crippen LogP contribution < -0.4 is 0 Å². The molecule has 0 amide bonds. The van der Waals surface area contributed by atoms with Gasteiger partial charge in [-0.3, -0.25) is 0 Å². The summed E-state index contributed by atoms with van der Waals surface area (Å²) in [6, 6.07) is 14.3. The molecule has 122 valence electrons. The normalized spacial score (nSPS) is 12.1. The average Bonchev–Trinajstić information content (AvgIpc) is 2.54. The molecule has 7 heteroatoms. The SMILES string of the molecule is Cc1ccc(S(=O)(=O)F)cc1/N=N/c1c(O)ccc2ccccc12. The summed E-state index contributed by atoms with van der Waals surface area (Å²) in [5, 5.41) is 19.6. The van der Waals surface area contributed by atoms with Gasteiger partial charge < -0.3 is 5.11 Å². The Bertz CT molecular complexity index is 1060. The Labute approximate surface area is 138 Å². The topological polar surface area (TPSA) is 79.1 Å². The summed E-state index contributed by atoms with van der Waals surface area (Å²) in [7, 11) is -4.82. The van der Waals surface area contributed by atoms with Gasteiger partial charge in [0.25, 0.3) is 0 Å². The van der Waals surface area contributed by atoms with E-state index < -0.39 is 15.1 Å². The Hall–Kier alpha value is -2.80. The molecule has 1 N–H and O–H groups in total. The maximum Gasteiger partial charge on any atom is 0.332 e. The number of aromatic hydroxyl groups is 1. The van der Waals surface area contributed by atoms with Gasteiger partial charge in [-0.2, -0.15) is 13.5 Å². The fraction of sp³-hybridized carbons (Fsp3) is 0.0588. The number of benzene rings is 3. The largest absolute Gasteiger partial charge is 0.506 e. The fourth-order valence-electron chi connectivity index (χ4n) is 2.30. The summed E-state index contributed by atoms with van der Waals surface area (Å²) in [6.07, 6.45) is 0. The first kappa shape index (κ1) is 16.1. The lowest BCUT2D eigenvalue weighted by Gasteiger charge is -2.05. The second-order valence-electron chi connectivity index (χ2n) is 5.24. The molecule has 0 saturated carbocycles. The smallest absolute Gasteiger partial charge is 0.332 e. The maximum absolute atomic E-state index is 13.1. The van der Waals surface area contributed by atoms with Gasteiger partial charge in [-0.15, -0.1) is 9.00 Å². The third kappa shape index (κ3) is 3.11. The summed E-state index contributed by atoms with van der Waals surface area (Å²) in [5.41, 5.74) is 1.10. The summed E-state index contributed by atoms with van der Waals surface area (Å²) in [4.78, 5) is -0.482. The molecular formula is C17H13FN2O3S. The Morgan fingerprint density at radius 2 is 1.75 bits per heavy atom. The molecule has 5 nitrogen and oxygen atoms in total. The number of aryl methyl sites for hydroxylation is 1. The molecule has 0 unspecified atom stereocenters. The van der Waals surface area contributed by atoms with Crippen molar-refractivity contribution >= 4 is 32.4 Å². The van der Waals surface area contributed by atoms with Crippen molar-refractivity contribution in [2.24, 2.45) is 10.2 Å². The first-order chi connectivity index (χ1) is 11.4. The van der Waals surface area contributed by atoms with Gasteiger partial charge in [0, 0.05) is 5.39 Å². The summed E-state index contributed by atoms with van der Waals surface area (Å²) in [6.45, 7) is 1.70. The molecule has 0 bridgehead atoms. The lowest BCUT2D eigenvalue weighted by molar-refractivity contribution is 0.477. The minimum absolute atomic E-state index is 0.0515. The van der Waals surface area contributed by atoms with Crippen LogP contribution in [0.1, 0.15) is 5.56 Å². The van der Waals surface area contributed by atoms with Gasteiger partial charge in [-0.25, -0.2) is 0 Å². The minimum Gasteiger partial charge on any atom is -0.506 e. The van der Waals surface area contributed by atoms with Gasteiger partial charge in [-0.05, 0) is 36.1 Å². The standard InChI is InChI=1S/C17H13FN2O3S/c1-11-6-8-13(24(18,22)23)10-15(11)19-20-17-14-5-3-2-4-12(14)7-9-16(17)21/h2-10,21H,1H3/b20-19+. The van der Waals surface area contributed by atoms with Gasteiger partial charge >= 0.3 is 10.2 Å². The van der Waals surface area contributed by atoms with Crippen molar-refractivity contribution in [2.75, 3.05) is 0 Å². The van der Waals surface area contributed by atoms with Crippen LogP contribution in [0.25, 0.3) is 10.8 Å². The molecule has 3 rings (SSSR count).